The third-order valence-corrected chi connectivity index (χ3v) is 8.78. The highest BCUT2D eigenvalue weighted by molar-refractivity contribution is 5.95. The molecule has 4 aliphatic rings. The van der Waals surface area contributed by atoms with Gasteiger partial charge < -0.3 is 20.1 Å². The second-order valence-corrected chi connectivity index (χ2v) is 10.4. The van der Waals surface area contributed by atoms with E-state index < -0.39 is 0 Å². The molecule has 6 nitrogen and oxygen atoms in total. The summed E-state index contributed by atoms with van der Waals surface area (Å²) in [5.74, 6) is 3.87. The van der Waals surface area contributed by atoms with Gasteiger partial charge in [-0.05, 0) is 66.2 Å². The maximum Gasteiger partial charge on any atom is 0.231 e. The van der Waals surface area contributed by atoms with E-state index in [4.69, 9.17) is 20.6 Å². The van der Waals surface area contributed by atoms with Crippen LogP contribution in [0.15, 0.2) is 42.5 Å². The average Bonchev–Trinajstić information content (AvgIpc) is 3.59. The third kappa shape index (κ3) is 3.29. The molecule has 34 heavy (non-hydrogen) atoms. The first-order chi connectivity index (χ1) is 16.6. The number of hydrogen-bond acceptors (Lipinski definition) is 4. The molecule has 6 rings (SSSR count). The molecule has 3 fully saturated rings. The fraction of sp³-hybridized carbons (Fsp3) is 0.500. The number of nitrogen functional groups attached to an aromatic ring is 1. The van der Waals surface area contributed by atoms with Gasteiger partial charge in [0.05, 0.1) is 5.92 Å². The second-order valence-electron chi connectivity index (χ2n) is 10.4. The number of amidine groups is 1. The Morgan fingerprint density at radius 1 is 1.06 bits per heavy atom. The van der Waals surface area contributed by atoms with Crippen molar-refractivity contribution in [3.8, 4) is 11.5 Å². The Labute approximate surface area is 200 Å². The van der Waals surface area contributed by atoms with Crippen LogP contribution in [0.25, 0.3) is 0 Å². The Kier molecular flexibility index (Phi) is 5.27. The number of amides is 1. The van der Waals surface area contributed by atoms with Crippen LogP contribution in [0.4, 0.5) is 0 Å². The largest absolute Gasteiger partial charge is 0.454 e. The first-order valence-corrected chi connectivity index (χ1v) is 12.7. The van der Waals surface area contributed by atoms with E-state index in [9.17, 15) is 4.79 Å². The maximum absolute atomic E-state index is 14.1. The van der Waals surface area contributed by atoms with E-state index in [2.05, 4.69) is 30.0 Å². The molecule has 0 aromatic heterocycles. The van der Waals surface area contributed by atoms with Crippen molar-refractivity contribution in [1.29, 1.82) is 5.41 Å². The lowest BCUT2D eigenvalue weighted by Gasteiger charge is -2.32. The normalized spacial score (nSPS) is 31.1. The number of nitrogens with one attached hydrogen (secondary N) is 1. The third-order valence-electron chi connectivity index (χ3n) is 8.78. The molecule has 2 saturated carbocycles. The summed E-state index contributed by atoms with van der Waals surface area (Å²) in [4.78, 5) is 16.3. The van der Waals surface area contributed by atoms with Crippen LogP contribution in [-0.4, -0.2) is 29.5 Å². The van der Waals surface area contributed by atoms with Crippen molar-refractivity contribution >= 4 is 11.7 Å². The van der Waals surface area contributed by atoms with Crippen molar-refractivity contribution in [3.63, 3.8) is 0 Å². The summed E-state index contributed by atoms with van der Waals surface area (Å²) in [6.07, 6.45) is 5.84. The number of ether oxygens (including phenoxy) is 2. The first kappa shape index (κ1) is 21.5. The van der Waals surface area contributed by atoms with Crippen molar-refractivity contribution in [1.82, 2.24) is 4.90 Å². The van der Waals surface area contributed by atoms with Crippen molar-refractivity contribution in [2.24, 2.45) is 29.4 Å². The van der Waals surface area contributed by atoms with E-state index in [1.165, 1.54) is 24.8 Å². The summed E-state index contributed by atoms with van der Waals surface area (Å²) in [5, 5.41) is 7.74. The minimum atomic E-state index is 0.0454. The van der Waals surface area contributed by atoms with Gasteiger partial charge in [0.2, 0.25) is 12.7 Å². The van der Waals surface area contributed by atoms with Gasteiger partial charge in [-0.3, -0.25) is 10.2 Å². The summed E-state index contributed by atoms with van der Waals surface area (Å²) < 4.78 is 11.1. The van der Waals surface area contributed by atoms with Gasteiger partial charge in [-0.2, -0.15) is 0 Å². The first-order valence-electron chi connectivity index (χ1n) is 12.7. The quantitative estimate of drug-likeness (QED) is 0.486. The number of carbonyl (C=O) groups is 1. The highest BCUT2D eigenvalue weighted by Crippen LogP contribution is 2.63. The predicted octanol–water partition coefficient (Wildman–Crippen LogP) is 4.66. The molecule has 1 amide bonds. The Balaban J connectivity index is 1.34. The molecule has 2 aromatic rings. The van der Waals surface area contributed by atoms with Crippen LogP contribution in [0.2, 0.25) is 0 Å². The summed E-state index contributed by atoms with van der Waals surface area (Å²) in [6.45, 7) is 3.12. The molecule has 178 valence electrons. The fourth-order valence-corrected chi connectivity index (χ4v) is 7.53. The molecule has 6 atom stereocenters. The summed E-state index contributed by atoms with van der Waals surface area (Å²) in [7, 11) is 0. The zero-order chi connectivity index (χ0) is 23.4. The van der Waals surface area contributed by atoms with E-state index in [0.717, 1.165) is 35.5 Å². The van der Waals surface area contributed by atoms with Gasteiger partial charge in [0.15, 0.2) is 11.5 Å². The zero-order valence-electron chi connectivity index (χ0n) is 19.7. The summed E-state index contributed by atoms with van der Waals surface area (Å²) in [6, 6.07) is 14.5. The van der Waals surface area contributed by atoms with Gasteiger partial charge in [-0.25, -0.2) is 0 Å². The van der Waals surface area contributed by atoms with Gasteiger partial charge in [-0.1, -0.05) is 50.1 Å². The Morgan fingerprint density at radius 2 is 1.82 bits per heavy atom. The molecule has 2 aliphatic carbocycles. The molecular weight excluding hydrogens is 426 g/mol. The molecule has 0 spiro atoms. The highest BCUT2D eigenvalue weighted by Gasteiger charge is 2.62. The second kappa shape index (κ2) is 8.33. The zero-order valence-corrected chi connectivity index (χ0v) is 19.7. The number of carbonyl (C=O) groups excluding carboxylic acids is 1. The molecule has 2 aliphatic heterocycles. The molecule has 3 N–H and O–H groups in total. The van der Waals surface area contributed by atoms with Crippen molar-refractivity contribution in [2.45, 2.75) is 57.5 Å². The highest BCUT2D eigenvalue weighted by atomic mass is 16.7. The number of benzene rings is 2. The van der Waals surface area contributed by atoms with E-state index in [1.54, 1.807) is 0 Å². The van der Waals surface area contributed by atoms with Crippen LogP contribution in [0, 0.1) is 29.1 Å². The van der Waals surface area contributed by atoms with Crippen LogP contribution in [0.3, 0.4) is 0 Å². The fourth-order valence-electron chi connectivity index (χ4n) is 7.53. The molecule has 0 bridgehead atoms. The maximum atomic E-state index is 14.1. The Morgan fingerprint density at radius 3 is 2.59 bits per heavy atom. The molecule has 2 heterocycles. The van der Waals surface area contributed by atoms with E-state index in [0.29, 0.717) is 36.2 Å². The standard InChI is InChI=1S/C28H33N3O3/c1-2-4-21-25-20-6-3-5-19(20)24(17-8-10-18(11-9-17)27(29)30)26(25)28(32)31(21)14-16-7-12-22-23(13-16)34-15-33-22/h7-13,19-21,24-26H,2-6,14-15H2,1H3,(H3,29,30)/t19?,20?,21-,24-,25?,26?/m1/s1. The van der Waals surface area contributed by atoms with Crippen LogP contribution in [0.1, 0.15) is 61.6 Å². The van der Waals surface area contributed by atoms with E-state index in [1.807, 2.05) is 24.3 Å². The Hall–Kier alpha value is -3.02. The topological polar surface area (TPSA) is 88.6 Å². The van der Waals surface area contributed by atoms with Crippen LogP contribution in [-0.2, 0) is 11.3 Å². The number of fused-ring (bicyclic) bond motifs is 4. The predicted molar refractivity (Wildman–Crippen MR) is 130 cm³/mol. The molecule has 2 aromatic carbocycles. The minimum Gasteiger partial charge on any atom is -0.454 e. The number of nitrogens with two attached hydrogens (primary N) is 1. The van der Waals surface area contributed by atoms with Crippen LogP contribution in [0.5, 0.6) is 11.5 Å². The van der Waals surface area contributed by atoms with Gasteiger partial charge in [0.1, 0.15) is 5.84 Å². The minimum absolute atomic E-state index is 0.0454. The van der Waals surface area contributed by atoms with Gasteiger partial charge in [-0.15, -0.1) is 0 Å². The van der Waals surface area contributed by atoms with Gasteiger partial charge >= 0.3 is 0 Å². The molecule has 0 radical (unpaired) electrons. The lowest BCUT2D eigenvalue weighted by Crippen LogP contribution is -2.37. The molecule has 1 saturated heterocycles. The van der Waals surface area contributed by atoms with Crippen LogP contribution >= 0.6 is 0 Å². The van der Waals surface area contributed by atoms with Crippen LogP contribution < -0.4 is 15.2 Å². The molecular formula is C28H33N3O3. The summed E-state index contributed by atoms with van der Waals surface area (Å²) >= 11 is 0. The molecule has 4 unspecified atom stereocenters. The van der Waals surface area contributed by atoms with E-state index >= 15 is 0 Å². The number of rotatable bonds is 6. The molecule has 6 heteroatoms. The number of nitrogens with zero attached hydrogens (tertiary/aromatic N) is 1. The van der Waals surface area contributed by atoms with E-state index in [-0.39, 0.29) is 24.5 Å². The SMILES string of the molecule is CCC[C@@H]1C2C3CCCC3[C@@H](c3ccc(C(=N)N)cc3)C2C(=O)N1Cc1ccc2c(c1)OCO2. The lowest BCUT2D eigenvalue weighted by molar-refractivity contribution is -0.133. The monoisotopic (exact) mass is 459 g/mol. The van der Waals surface area contributed by atoms with Crippen molar-refractivity contribution < 1.29 is 14.3 Å². The van der Waals surface area contributed by atoms with Gasteiger partial charge in [0.25, 0.3) is 0 Å². The lowest BCUT2D eigenvalue weighted by atomic mass is 9.80. The summed E-state index contributed by atoms with van der Waals surface area (Å²) in [5.41, 5.74) is 8.78. The number of hydrogen-bond donors (Lipinski definition) is 2. The van der Waals surface area contributed by atoms with Crippen molar-refractivity contribution in [2.75, 3.05) is 6.79 Å². The number of likely N-dealkylation sites (tertiary alicyclic amines) is 1. The smallest absolute Gasteiger partial charge is 0.231 e. The Bertz CT molecular complexity index is 1110. The average molecular weight is 460 g/mol. The van der Waals surface area contributed by atoms with Gasteiger partial charge in [0, 0.05) is 18.2 Å². The van der Waals surface area contributed by atoms with Crippen molar-refractivity contribution in [3.05, 3.63) is 59.2 Å².